The summed E-state index contributed by atoms with van der Waals surface area (Å²) in [5.41, 5.74) is 2.42. The number of benzene rings is 1. The number of aromatic nitrogens is 2. The minimum Gasteiger partial charge on any atom is -0.289 e. The second-order valence-corrected chi connectivity index (χ2v) is 5.83. The first-order chi connectivity index (χ1) is 9.13. The molecule has 0 radical (unpaired) electrons. The Hall–Kier alpha value is -1.52. The normalized spacial score (nSPS) is 16.7. The Morgan fingerprint density at radius 1 is 1.47 bits per heavy atom. The molecule has 19 heavy (non-hydrogen) atoms. The standard InChI is InChI=1S/C14H11ClN2OS/c1-17-7-9(6-16-17)4-10-8-19-13-3-2-11(15)5-12(13)14(10)18/h2-7H,8H2,1H3/b10-4-. The van der Waals surface area contributed by atoms with Crippen LogP contribution in [0.4, 0.5) is 0 Å². The van der Waals surface area contributed by atoms with Crippen molar-refractivity contribution in [3.8, 4) is 0 Å². The van der Waals surface area contributed by atoms with Gasteiger partial charge in [-0.05, 0) is 24.3 Å². The molecule has 5 heteroatoms. The molecule has 0 aliphatic carbocycles. The zero-order valence-electron chi connectivity index (χ0n) is 10.3. The topological polar surface area (TPSA) is 34.9 Å². The lowest BCUT2D eigenvalue weighted by Crippen LogP contribution is -2.12. The van der Waals surface area contributed by atoms with Gasteiger partial charge in [0, 0.05) is 45.6 Å². The molecule has 2 aromatic rings. The van der Waals surface area contributed by atoms with E-state index in [0.717, 1.165) is 16.0 Å². The van der Waals surface area contributed by atoms with Crippen LogP contribution in [0.15, 0.2) is 41.1 Å². The van der Waals surface area contributed by atoms with Crippen LogP contribution in [0.5, 0.6) is 0 Å². The van der Waals surface area contributed by atoms with Crippen molar-refractivity contribution in [3.05, 3.63) is 52.3 Å². The molecule has 0 spiro atoms. The van der Waals surface area contributed by atoms with Gasteiger partial charge in [-0.15, -0.1) is 11.8 Å². The number of nitrogens with zero attached hydrogens (tertiary/aromatic N) is 2. The van der Waals surface area contributed by atoms with Gasteiger partial charge in [0.2, 0.25) is 0 Å². The van der Waals surface area contributed by atoms with Crippen LogP contribution >= 0.6 is 23.4 Å². The highest BCUT2D eigenvalue weighted by atomic mass is 35.5. The molecular formula is C14H11ClN2OS. The molecule has 2 heterocycles. The highest BCUT2D eigenvalue weighted by molar-refractivity contribution is 7.99. The predicted octanol–water partition coefficient (Wildman–Crippen LogP) is 3.45. The molecule has 0 atom stereocenters. The Morgan fingerprint density at radius 2 is 2.32 bits per heavy atom. The lowest BCUT2D eigenvalue weighted by molar-refractivity contribution is 0.103. The number of Topliss-reactive ketones (excluding diaryl/α,β-unsaturated/α-hetero) is 1. The number of thioether (sulfide) groups is 1. The van der Waals surface area contributed by atoms with E-state index < -0.39 is 0 Å². The first-order valence-corrected chi connectivity index (χ1v) is 7.16. The maximum Gasteiger partial charge on any atom is 0.191 e. The van der Waals surface area contributed by atoms with E-state index in [1.807, 2.05) is 31.5 Å². The summed E-state index contributed by atoms with van der Waals surface area (Å²) in [5, 5.41) is 4.69. The lowest BCUT2D eigenvalue weighted by atomic mass is 10.0. The van der Waals surface area contributed by atoms with Crippen molar-refractivity contribution < 1.29 is 4.79 Å². The van der Waals surface area contributed by atoms with Crippen molar-refractivity contribution >= 4 is 35.2 Å². The molecule has 0 bridgehead atoms. The molecule has 3 nitrogen and oxygen atoms in total. The Bertz CT molecular complexity index is 691. The smallest absolute Gasteiger partial charge is 0.191 e. The van der Waals surface area contributed by atoms with Crippen LogP contribution in [0.3, 0.4) is 0 Å². The Morgan fingerprint density at radius 3 is 3.05 bits per heavy atom. The molecule has 96 valence electrons. The molecule has 1 aromatic carbocycles. The number of carbonyl (C=O) groups excluding carboxylic acids is 1. The SMILES string of the molecule is Cn1cc(/C=C2/CSc3ccc(Cl)cc3C2=O)cn1. The van der Waals surface area contributed by atoms with Gasteiger partial charge in [0.05, 0.1) is 6.20 Å². The highest BCUT2D eigenvalue weighted by Crippen LogP contribution is 2.34. The summed E-state index contributed by atoms with van der Waals surface area (Å²) in [6, 6.07) is 5.46. The quantitative estimate of drug-likeness (QED) is 0.755. The van der Waals surface area contributed by atoms with E-state index in [0.29, 0.717) is 16.3 Å². The van der Waals surface area contributed by atoms with Crippen LogP contribution in [0.2, 0.25) is 5.02 Å². The van der Waals surface area contributed by atoms with E-state index in [1.165, 1.54) is 0 Å². The fraction of sp³-hybridized carbons (Fsp3) is 0.143. The number of fused-ring (bicyclic) bond motifs is 1. The van der Waals surface area contributed by atoms with Crippen LogP contribution in [-0.2, 0) is 7.05 Å². The Balaban J connectivity index is 1.99. The molecule has 0 N–H and O–H groups in total. The molecule has 1 aromatic heterocycles. The summed E-state index contributed by atoms with van der Waals surface area (Å²) in [7, 11) is 1.86. The van der Waals surface area contributed by atoms with Crippen LogP contribution < -0.4 is 0 Å². The summed E-state index contributed by atoms with van der Waals surface area (Å²) in [4.78, 5) is 13.4. The number of hydrogen-bond acceptors (Lipinski definition) is 3. The van der Waals surface area contributed by atoms with E-state index in [1.54, 1.807) is 28.7 Å². The van der Waals surface area contributed by atoms with E-state index in [9.17, 15) is 4.79 Å². The van der Waals surface area contributed by atoms with E-state index in [2.05, 4.69) is 5.10 Å². The van der Waals surface area contributed by atoms with Crippen molar-refractivity contribution in [2.75, 3.05) is 5.75 Å². The molecule has 3 rings (SSSR count). The van der Waals surface area contributed by atoms with Crippen molar-refractivity contribution in [1.82, 2.24) is 9.78 Å². The van der Waals surface area contributed by atoms with Crippen LogP contribution in [0, 0.1) is 0 Å². The fourth-order valence-corrected chi connectivity index (χ4v) is 3.19. The minimum atomic E-state index is 0.0557. The summed E-state index contributed by atoms with van der Waals surface area (Å²) < 4.78 is 1.72. The monoisotopic (exact) mass is 290 g/mol. The third-order valence-corrected chi connectivity index (χ3v) is 4.28. The van der Waals surface area contributed by atoms with Crippen molar-refractivity contribution in [2.45, 2.75) is 4.90 Å². The number of hydrogen-bond donors (Lipinski definition) is 0. The number of halogens is 1. The number of ketones is 1. The fourth-order valence-electron chi connectivity index (χ4n) is 2.02. The van der Waals surface area contributed by atoms with Gasteiger partial charge in [-0.2, -0.15) is 5.10 Å². The number of carbonyl (C=O) groups is 1. The second-order valence-electron chi connectivity index (χ2n) is 4.38. The van der Waals surface area contributed by atoms with Gasteiger partial charge in [-0.3, -0.25) is 9.48 Å². The molecule has 0 unspecified atom stereocenters. The summed E-state index contributed by atoms with van der Waals surface area (Å²) in [6.07, 6.45) is 5.53. The van der Waals surface area contributed by atoms with Gasteiger partial charge in [-0.25, -0.2) is 0 Å². The van der Waals surface area contributed by atoms with Crippen LogP contribution in [-0.4, -0.2) is 21.3 Å². The lowest BCUT2D eigenvalue weighted by Gasteiger charge is -2.16. The maximum absolute atomic E-state index is 12.4. The van der Waals surface area contributed by atoms with Crippen molar-refractivity contribution in [3.63, 3.8) is 0 Å². The average molecular weight is 291 g/mol. The summed E-state index contributed by atoms with van der Waals surface area (Å²) >= 11 is 7.62. The third-order valence-electron chi connectivity index (χ3n) is 2.93. The zero-order chi connectivity index (χ0) is 13.4. The highest BCUT2D eigenvalue weighted by Gasteiger charge is 2.22. The van der Waals surface area contributed by atoms with Gasteiger partial charge >= 0.3 is 0 Å². The Kier molecular flexibility index (Phi) is 3.21. The van der Waals surface area contributed by atoms with Gasteiger partial charge in [-0.1, -0.05) is 11.6 Å². The number of aryl methyl sites for hydroxylation is 1. The Labute approximate surface area is 120 Å². The average Bonchev–Trinajstić information content (AvgIpc) is 2.79. The second kappa shape index (κ2) is 4.87. The van der Waals surface area contributed by atoms with E-state index in [4.69, 9.17) is 11.6 Å². The van der Waals surface area contributed by atoms with Gasteiger partial charge in [0.25, 0.3) is 0 Å². The molecule has 0 fully saturated rings. The first kappa shape index (κ1) is 12.5. The summed E-state index contributed by atoms with van der Waals surface area (Å²) in [6.45, 7) is 0. The maximum atomic E-state index is 12.4. The molecule has 1 aliphatic rings. The third kappa shape index (κ3) is 2.46. The molecule has 0 saturated heterocycles. The number of rotatable bonds is 1. The summed E-state index contributed by atoms with van der Waals surface area (Å²) in [5.74, 6) is 0.739. The molecule has 1 aliphatic heterocycles. The predicted molar refractivity (Wildman–Crippen MR) is 77.7 cm³/mol. The van der Waals surface area contributed by atoms with Crippen LogP contribution in [0.1, 0.15) is 15.9 Å². The molecule has 0 amide bonds. The first-order valence-electron chi connectivity index (χ1n) is 5.80. The van der Waals surface area contributed by atoms with E-state index >= 15 is 0 Å². The van der Waals surface area contributed by atoms with Crippen molar-refractivity contribution in [2.24, 2.45) is 7.05 Å². The van der Waals surface area contributed by atoms with E-state index in [-0.39, 0.29) is 5.78 Å². The zero-order valence-corrected chi connectivity index (χ0v) is 11.8. The molecular weight excluding hydrogens is 280 g/mol. The van der Waals surface area contributed by atoms with Crippen molar-refractivity contribution in [1.29, 1.82) is 0 Å². The van der Waals surface area contributed by atoms with Crippen LogP contribution in [0.25, 0.3) is 6.08 Å². The van der Waals surface area contributed by atoms with Gasteiger partial charge in [0.15, 0.2) is 5.78 Å². The molecule has 0 saturated carbocycles. The largest absolute Gasteiger partial charge is 0.289 e. The van der Waals surface area contributed by atoms with Gasteiger partial charge in [0.1, 0.15) is 0 Å². The minimum absolute atomic E-state index is 0.0557. The van der Waals surface area contributed by atoms with Gasteiger partial charge < -0.3 is 0 Å².